The standard InChI is InChI=1S/C9H17N3O7S2/c1-8(9(13)12-5-7-21(17,18)19)11-3-2-10-4-6-20(14,15)16/h2-3,10H,4-7H2,1H3,(H,12,13)(H,14,15,16)(H,17,18,19)/b3-2-,11-8?. The molecule has 12 heteroatoms. The van der Waals surface area contributed by atoms with Crippen molar-refractivity contribution in [2.75, 3.05) is 24.6 Å². The van der Waals surface area contributed by atoms with Gasteiger partial charge >= 0.3 is 0 Å². The summed E-state index contributed by atoms with van der Waals surface area (Å²) in [6.07, 6.45) is 2.47. The molecule has 0 aromatic heterocycles. The zero-order valence-electron chi connectivity index (χ0n) is 11.2. The second-order valence-electron chi connectivity index (χ2n) is 3.81. The summed E-state index contributed by atoms with van der Waals surface area (Å²) in [7, 11) is -8.16. The topological polar surface area (TPSA) is 162 Å². The van der Waals surface area contributed by atoms with Crippen molar-refractivity contribution in [1.82, 2.24) is 10.6 Å². The van der Waals surface area contributed by atoms with Crippen LogP contribution in [0.4, 0.5) is 0 Å². The van der Waals surface area contributed by atoms with Crippen molar-refractivity contribution in [2.45, 2.75) is 6.92 Å². The molecule has 0 fully saturated rings. The molecule has 0 saturated heterocycles. The largest absolute Gasteiger partial charge is 0.389 e. The molecule has 1 amide bonds. The third-order valence-corrected chi connectivity index (χ3v) is 3.38. The summed E-state index contributed by atoms with van der Waals surface area (Å²) >= 11 is 0. The normalized spacial score (nSPS) is 13.4. The smallest absolute Gasteiger partial charge is 0.266 e. The minimum Gasteiger partial charge on any atom is -0.389 e. The predicted molar refractivity (Wildman–Crippen MR) is 76.1 cm³/mol. The number of hydrogen-bond donors (Lipinski definition) is 4. The van der Waals surface area contributed by atoms with Crippen molar-refractivity contribution in [1.29, 1.82) is 0 Å². The van der Waals surface area contributed by atoms with Gasteiger partial charge in [0.2, 0.25) is 0 Å². The van der Waals surface area contributed by atoms with Crippen molar-refractivity contribution in [3.63, 3.8) is 0 Å². The van der Waals surface area contributed by atoms with Gasteiger partial charge in [0.05, 0.1) is 11.5 Å². The van der Waals surface area contributed by atoms with Gasteiger partial charge in [-0.3, -0.25) is 18.9 Å². The molecule has 0 unspecified atom stereocenters. The average Bonchev–Trinajstić information content (AvgIpc) is 2.30. The Bertz CT molecular complexity index is 607. The first-order valence-corrected chi connectivity index (χ1v) is 8.84. The van der Waals surface area contributed by atoms with E-state index in [9.17, 15) is 21.6 Å². The molecule has 0 radical (unpaired) electrons. The van der Waals surface area contributed by atoms with Gasteiger partial charge in [-0.2, -0.15) is 16.8 Å². The Balaban J connectivity index is 4.08. The van der Waals surface area contributed by atoms with Crippen LogP contribution in [0.3, 0.4) is 0 Å². The van der Waals surface area contributed by atoms with E-state index >= 15 is 0 Å². The Hall–Kier alpha value is -1.50. The van der Waals surface area contributed by atoms with Crippen molar-refractivity contribution in [2.24, 2.45) is 4.99 Å². The molecule has 0 spiro atoms. The van der Waals surface area contributed by atoms with Crippen molar-refractivity contribution in [3.05, 3.63) is 12.4 Å². The van der Waals surface area contributed by atoms with Gasteiger partial charge in [-0.25, -0.2) is 0 Å². The van der Waals surface area contributed by atoms with E-state index in [0.29, 0.717) is 0 Å². The molecule has 4 N–H and O–H groups in total. The molecule has 0 aliphatic rings. The molecule has 0 aromatic rings. The van der Waals surface area contributed by atoms with Crippen LogP contribution in [-0.2, 0) is 25.0 Å². The maximum atomic E-state index is 11.4. The molecule has 10 nitrogen and oxygen atoms in total. The zero-order chi connectivity index (χ0) is 16.5. The first-order valence-electron chi connectivity index (χ1n) is 5.62. The van der Waals surface area contributed by atoms with Crippen LogP contribution in [-0.4, -0.2) is 62.2 Å². The highest BCUT2D eigenvalue weighted by Gasteiger charge is 2.08. The third-order valence-electron chi connectivity index (χ3n) is 1.94. The Morgan fingerprint density at radius 3 is 2.14 bits per heavy atom. The lowest BCUT2D eigenvalue weighted by atomic mass is 10.4. The minimum atomic E-state index is -4.13. The van der Waals surface area contributed by atoms with Crippen LogP contribution in [0.2, 0.25) is 0 Å². The average molecular weight is 343 g/mol. The summed E-state index contributed by atoms with van der Waals surface area (Å²) in [4.78, 5) is 15.1. The van der Waals surface area contributed by atoms with Gasteiger partial charge in [-0.1, -0.05) is 0 Å². The van der Waals surface area contributed by atoms with E-state index < -0.39 is 37.6 Å². The van der Waals surface area contributed by atoms with Gasteiger partial charge < -0.3 is 10.6 Å². The van der Waals surface area contributed by atoms with E-state index in [1.54, 1.807) is 0 Å². The highest BCUT2D eigenvalue weighted by Crippen LogP contribution is 1.84. The van der Waals surface area contributed by atoms with Crippen LogP contribution in [0, 0.1) is 0 Å². The molecule has 0 aliphatic carbocycles. The SMILES string of the molecule is CC(=N/C=C\NCCS(=O)(=O)O)C(=O)NCCS(=O)(=O)O. The van der Waals surface area contributed by atoms with Gasteiger partial charge in [0.25, 0.3) is 26.1 Å². The number of rotatable bonds is 9. The van der Waals surface area contributed by atoms with Gasteiger partial charge in [0.15, 0.2) is 0 Å². The monoisotopic (exact) mass is 343 g/mol. The van der Waals surface area contributed by atoms with Gasteiger partial charge in [-0.05, 0) is 6.92 Å². The van der Waals surface area contributed by atoms with Gasteiger partial charge in [-0.15, -0.1) is 0 Å². The number of amides is 1. The van der Waals surface area contributed by atoms with Gasteiger partial charge in [0.1, 0.15) is 5.71 Å². The number of carbonyl (C=O) groups excluding carboxylic acids is 1. The molecule has 0 aromatic carbocycles. The Kier molecular flexibility index (Phi) is 8.09. The lowest BCUT2D eigenvalue weighted by Gasteiger charge is -2.02. The Labute approximate surface area is 122 Å². The summed E-state index contributed by atoms with van der Waals surface area (Å²) in [5.74, 6) is -1.67. The van der Waals surface area contributed by atoms with Crippen LogP contribution in [0.1, 0.15) is 6.92 Å². The van der Waals surface area contributed by atoms with E-state index in [4.69, 9.17) is 9.11 Å². The number of carbonyl (C=O) groups is 1. The van der Waals surface area contributed by atoms with Crippen LogP contribution in [0.5, 0.6) is 0 Å². The first kappa shape index (κ1) is 19.5. The highest BCUT2D eigenvalue weighted by molar-refractivity contribution is 7.86. The van der Waals surface area contributed by atoms with Gasteiger partial charge in [0, 0.05) is 25.5 Å². The molecule has 21 heavy (non-hydrogen) atoms. The summed E-state index contributed by atoms with van der Waals surface area (Å²) in [6.45, 7) is 1.11. The fourth-order valence-electron chi connectivity index (χ4n) is 0.953. The fraction of sp³-hybridized carbons (Fsp3) is 0.556. The van der Waals surface area contributed by atoms with Crippen molar-refractivity contribution < 1.29 is 30.7 Å². The molecule has 0 atom stereocenters. The summed E-state index contributed by atoms with van der Waals surface area (Å²) in [5.41, 5.74) is 0.0400. The summed E-state index contributed by atoms with van der Waals surface area (Å²) < 4.78 is 58.5. The fourth-order valence-corrected chi connectivity index (χ4v) is 1.69. The lowest BCUT2D eigenvalue weighted by Crippen LogP contribution is -2.33. The number of hydrogen-bond acceptors (Lipinski definition) is 7. The van der Waals surface area contributed by atoms with E-state index in [1.165, 1.54) is 19.3 Å². The van der Waals surface area contributed by atoms with Crippen LogP contribution in [0.15, 0.2) is 17.4 Å². The first-order chi connectivity index (χ1) is 9.51. The molecule has 122 valence electrons. The molecular formula is C9H17N3O7S2. The molecule has 0 saturated carbocycles. The Morgan fingerprint density at radius 1 is 1.10 bits per heavy atom. The predicted octanol–water partition coefficient (Wildman–Crippen LogP) is -1.60. The van der Waals surface area contributed by atoms with E-state index in [2.05, 4.69) is 15.6 Å². The maximum Gasteiger partial charge on any atom is 0.266 e. The second kappa shape index (κ2) is 8.71. The minimum absolute atomic E-state index is 0.0234. The van der Waals surface area contributed by atoms with E-state index in [-0.39, 0.29) is 18.8 Å². The maximum absolute atomic E-state index is 11.4. The number of aliphatic imine (C=N–C) groups is 1. The Morgan fingerprint density at radius 2 is 1.62 bits per heavy atom. The lowest BCUT2D eigenvalue weighted by molar-refractivity contribution is -0.114. The van der Waals surface area contributed by atoms with Crippen molar-refractivity contribution in [3.8, 4) is 0 Å². The second-order valence-corrected chi connectivity index (χ2v) is 6.96. The van der Waals surface area contributed by atoms with Crippen LogP contribution >= 0.6 is 0 Å². The summed E-state index contributed by atoms with van der Waals surface area (Å²) in [6, 6.07) is 0. The van der Waals surface area contributed by atoms with Crippen LogP contribution < -0.4 is 10.6 Å². The van der Waals surface area contributed by atoms with E-state index in [0.717, 1.165) is 0 Å². The summed E-state index contributed by atoms with van der Waals surface area (Å²) in [5, 5.41) is 4.76. The van der Waals surface area contributed by atoms with Crippen molar-refractivity contribution >= 4 is 31.9 Å². The highest BCUT2D eigenvalue weighted by atomic mass is 32.2. The van der Waals surface area contributed by atoms with Crippen LogP contribution in [0.25, 0.3) is 0 Å². The molecule has 0 bridgehead atoms. The molecule has 0 heterocycles. The molecule has 0 rings (SSSR count). The third kappa shape index (κ3) is 13.2. The number of nitrogens with zero attached hydrogens (tertiary/aromatic N) is 1. The molecular weight excluding hydrogens is 326 g/mol. The number of nitrogens with one attached hydrogen (secondary N) is 2. The zero-order valence-corrected chi connectivity index (χ0v) is 12.8. The molecule has 0 aliphatic heterocycles. The van der Waals surface area contributed by atoms with E-state index in [1.807, 2.05) is 0 Å². The quantitative estimate of drug-likeness (QED) is 0.221.